The molecule has 1 heterocycles. The van der Waals surface area contributed by atoms with Gasteiger partial charge in [-0.15, -0.1) is 0 Å². The Bertz CT molecular complexity index is 944. The molecule has 0 spiro atoms. The molecule has 3 rings (SSSR count). The third-order valence-electron chi connectivity index (χ3n) is 4.67. The van der Waals surface area contributed by atoms with Crippen molar-refractivity contribution in [2.75, 3.05) is 33.7 Å². The minimum absolute atomic E-state index is 0. The van der Waals surface area contributed by atoms with Crippen molar-refractivity contribution < 1.29 is 42.8 Å². The molecule has 0 radical (unpaired) electrons. The maximum atomic E-state index is 5.55. The van der Waals surface area contributed by atoms with Gasteiger partial charge in [-0.1, -0.05) is 6.07 Å². The van der Waals surface area contributed by atoms with Crippen LogP contribution < -0.4 is 48.1 Å². The summed E-state index contributed by atoms with van der Waals surface area (Å²) < 4.78 is 18.5. The van der Waals surface area contributed by atoms with Crippen LogP contribution in [0.4, 0.5) is 5.69 Å². The number of halogens is 1. The smallest absolute Gasteiger partial charge is 0.193 e. The number of methoxy groups -OCH3 is 3. The Kier molecular flexibility index (Phi) is 7.12. The number of pyridine rings is 1. The van der Waals surface area contributed by atoms with Crippen LogP contribution in [0.3, 0.4) is 0 Å². The lowest BCUT2D eigenvalue weighted by Crippen LogP contribution is -3.00. The molecule has 0 bridgehead atoms. The molecule has 2 aromatic carbocycles. The second kappa shape index (κ2) is 9.12. The quantitative estimate of drug-likeness (QED) is 0.408. The zero-order chi connectivity index (χ0) is 18.7. The van der Waals surface area contributed by atoms with E-state index in [1.807, 2.05) is 19.2 Å². The van der Waals surface area contributed by atoms with Crippen molar-refractivity contribution in [3.05, 3.63) is 53.9 Å². The zero-order valence-corrected chi connectivity index (χ0v) is 18.5. The van der Waals surface area contributed by atoms with E-state index >= 15 is 0 Å². The van der Waals surface area contributed by atoms with E-state index in [9.17, 15) is 0 Å². The Balaban J connectivity index is 0.00000261. The van der Waals surface area contributed by atoms with Crippen molar-refractivity contribution in [1.82, 2.24) is 0 Å². The SMILES string of the molecule is CNc1cc2cc[n+](C)c(Cc3ccc(OC)c(OC)c3)c2cc1OC.[I-]. The highest BCUT2D eigenvalue weighted by Gasteiger charge is 2.17. The van der Waals surface area contributed by atoms with E-state index in [1.54, 1.807) is 21.3 Å². The highest BCUT2D eigenvalue weighted by Crippen LogP contribution is 2.32. The van der Waals surface area contributed by atoms with Gasteiger partial charge in [-0.05, 0) is 35.2 Å². The van der Waals surface area contributed by atoms with Gasteiger partial charge in [0.05, 0.1) is 38.8 Å². The molecule has 0 aliphatic heterocycles. The largest absolute Gasteiger partial charge is 1.00 e. The van der Waals surface area contributed by atoms with Crippen LogP contribution in [0.1, 0.15) is 11.3 Å². The second-order valence-corrected chi connectivity index (χ2v) is 6.13. The van der Waals surface area contributed by atoms with Crippen LogP contribution in [0.15, 0.2) is 42.6 Å². The first-order valence-electron chi connectivity index (χ1n) is 8.49. The first-order chi connectivity index (χ1) is 12.6. The third kappa shape index (κ3) is 4.21. The number of hydrogen-bond donors (Lipinski definition) is 1. The van der Waals surface area contributed by atoms with E-state index in [0.717, 1.165) is 34.9 Å². The number of nitrogens with zero attached hydrogens (tertiary/aromatic N) is 1. The predicted molar refractivity (Wildman–Crippen MR) is 104 cm³/mol. The Morgan fingerprint density at radius 2 is 1.59 bits per heavy atom. The molecule has 144 valence electrons. The van der Waals surface area contributed by atoms with Crippen molar-refractivity contribution in [3.8, 4) is 17.2 Å². The van der Waals surface area contributed by atoms with Crippen molar-refractivity contribution in [2.45, 2.75) is 6.42 Å². The average Bonchev–Trinajstić information content (AvgIpc) is 2.68. The summed E-state index contributed by atoms with van der Waals surface area (Å²) in [5, 5.41) is 5.53. The van der Waals surface area contributed by atoms with Crippen LogP contribution in [0.2, 0.25) is 0 Å². The summed E-state index contributed by atoms with van der Waals surface area (Å²) in [6, 6.07) is 12.4. The molecule has 6 heteroatoms. The lowest BCUT2D eigenvalue weighted by molar-refractivity contribution is -0.677. The number of fused-ring (bicyclic) bond motifs is 1. The van der Waals surface area contributed by atoms with Gasteiger partial charge in [0.2, 0.25) is 0 Å². The van der Waals surface area contributed by atoms with E-state index in [1.165, 1.54) is 16.5 Å². The van der Waals surface area contributed by atoms with Gasteiger partial charge in [-0.3, -0.25) is 0 Å². The number of benzene rings is 2. The molecule has 0 saturated carbocycles. The van der Waals surface area contributed by atoms with Crippen molar-refractivity contribution in [3.63, 3.8) is 0 Å². The molecule has 0 saturated heterocycles. The first-order valence-corrected chi connectivity index (χ1v) is 8.49. The van der Waals surface area contributed by atoms with Crippen LogP contribution >= 0.6 is 0 Å². The lowest BCUT2D eigenvalue weighted by Gasteiger charge is -2.12. The van der Waals surface area contributed by atoms with E-state index in [2.05, 4.69) is 47.4 Å². The lowest BCUT2D eigenvalue weighted by atomic mass is 10.0. The molecule has 0 aliphatic rings. The molecule has 5 nitrogen and oxygen atoms in total. The fourth-order valence-corrected chi connectivity index (χ4v) is 3.22. The minimum atomic E-state index is 0. The minimum Gasteiger partial charge on any atom is -1.00 e. The number of anilines is 1. The van der Waals surface area contributed by atoms with Gasteiger partial charge in [0.25, 0.3) is 0 Å². The molecule has 0 fully saturated rings. The van der Waals surface area contributed by atoms with E-state index in [4.69, 9.17) is 14.2 Å². The number of aryl methyl sites for hydroxylation is 1. The highest BCUT2D eigenvalue weighted by atomic mass is 127. The Labute approximate surface area is 177 Å². The normalized spacial score (nSPS) is 10.3. The van der Waals surface area contributed by atoms with Crippen LogP contribution in [0.5, 0.6) is 17.2 Å². The maximum absolute atomic E-state index is 5.55. The van der Waals surface area contributed by atoms with Gasteiger partial charge in [0.15, 0.2) is 23.4 Å². The molecular weight excluding hydrogens is 455 g/mol. The highest BCUT2D eigenvalue weighted by molar-refractivity contribution is 5.89. The molecule has 0 aliphatic carbocycles. The number of rotatable bonds is 6. The fourth-order valence-electron chi connectivity index (χ4n) is 3.22. The third-order valence-corrected chi connectivity index (χ3v) is 4.67. The molecular formula is C21H25IN2O3. The van der Waals surface area contributed by atoms with Crippen molar-refractivity contribution in [2.24, 2.45) is 7.05 Å². The number of nitrogens with one attached hydrogen (secondary N) is 1. The molecule has 0 amide bonds. The maximum Gasteiger partial charge on any atom is 0.193 e. The van der Waals surface area contributed by atoms with Gasteiger partial charge >= 0.3 is 0 Å². The molecule has 0 atom stereocenters. The summed E-state index contributed by atoms with van der Waals surface area (Å²) in [6.07, 6.45) is 2.86. The standard InChI is InChI=1S/C21H24N2O3.HI/c1-22-17-12-15-8-9-23(2)18(16(15)13-20(17)25-4)10-14-6-7-19(24-3)21(11-14)26-5;/h6-9,11-13H,10H2,1-5H3;1H. The van der Waals surface area contributed by atoms with E-state index in [0.29, 0.717) is 0 Å². The number of aromatic nitrogens is 1. The second-order valence-electron chi connectivity index (χ2n) is 6.13. The monoisotopic (exact) mass is 480 g/mol. The molecule has 0 unspecified atom stereocenters. The molecule has 1 N–H and O–H groups in total. The summed E-state index contributed by atoms with van der Waals surface area (Å²) in [5.41, 5.74) is 3.34. The van der Waals surface area contributed by atoms with E-state index in [-0.39, 0.29) is 24.0 Å². The number of hydrogen-bond acceptors (Lipinski definition) is 4. The van der Waals surface area contributed by atoms with Crippen molar-refractivity contribution >= 4 is 16.5 Å². The molecule has 27 heavy (non-hydrogen) atoms. The average molecular weight is 480 g/mol. The molecule has 1 aromatic heterocycles. The zero-order valence-electron chi connectivity index (χ0n) is 16.3. The van der Waals surface area contributed by atoms with Crippen LogP contribution in [-0.4, -0.2) is 28.4 Å². The van der Waals surface area contributed by atoms with Crippen LogP contribution in [0, 0.1) is 0 Å². The van der Waals surface area contributed by atoms with Gasteiger partial charge < -0.3 is 43.5 Å². The van der Waals surface area contributed by atoms with Gasteiger partial charge in [-0.2, -0.15) is 0 Å². The summed E-state index contributed by atoms with van der Waals surface area (Å²) in [7, 11) is 8.96. The van der Waals surface area contributed by atoms with Crippen molar-refractivity contribution in [1.29, 1.82) is 0 Å². The number of ether oxygens (including phenoxy) is 3. The van der Waals surface area contributed by atoms with Gasteiger partial charge in [0, 0.05) is 13.1 Å². The van der Waals surface area contributed by atoms with Gasteiger partial charge in [-0.25, -0.2) is 4.57 Å². The van der Waals surface area contributed by atoms with Crippen LogP contribution in [0.25, 0.3) is 10.8 Å². The summed E-state index contributed by atoms with van der Waals surface area (Å²) >= 11 is 0. The Morgan fingerprint density at radius 1 is 0.889 bits per heavy atom. The van der Waals surface area contributed by atoms with Crippen LogP contribution in [-0.2, 0) is 13.5 Å². The first kappa shape index (κ1) is 21.1. The topological polar surface area (TPSA) is 43.6 Å². The summed E-state index contributed by atoms with van der Waals surface area (Å²) in [4.78, 5) is 0. The summed E-state index contributed by atoms with van der Waals surface area (Å²) in [5.74, 6) is 2.31. The van der Waals surface area contributed by atoms with Gasteiger partial charge in [0.1, 0.15) is 12.8 Å². The summed E-state index contributed by atoms with van der Waals surface area (Å²) in [6.45, 7) is 0. The van der Waals surface area contributed by atoms with E-state index < -0.39 is 0 Å². The Hall–Kier alpha value is -2.22. The Morgan fingerprint density at radius 3 is 2.22 bits per heavy atom. The molecule has 3 aromatic rings. The predicted octanol–water partition coefficient (Wildman–Crippen LogP) is 0.327. The fraction of sp³-hybridized carbons (Fsp3) is 0.286.